The third-order valence-electron chi connectivity index (χ3n) is 4.13. The van der Waals surface area contributed by atoms with Crippen molar-refractivity contribution < 1.29 is 24.2 Å². The molecule has 2 aliphatic rings. The summed E-state index contributed by atoms with van der Waals surface area (Å²) in [6.07, 6.45) is 1.67. The Balaban J connectivity index is 1.66. The van der Waals surface area contributed by atoms with Gasteiger partial charge in [-0.3, -0.25) is 9.69 Å². The van der Waals surface area contributed by atoms with Crippen molar-refractivity contribution in [2.45, 2.75) is 6.04 Å². The lowest BCUT2D eigenvalue weighted by Gasteiger charge is -2.23. The lowest BCUT2D eigenvalue weighted by Crippen LogP contribution is -2.37. The summed E-state index contributed by atoms with van der Waals surface area (Å²) in [5.74, 6) is -0.317. The van der Waals surface area contributed by atoms with Gasteiger partial charge >= 0.3 is 5.97 Å². The van der Waals surface area contributed by atoms with Gasteiger partial charge in [-0.1, -0.05) is 60.4 Å². The summed E-state index contributed by atoms with van der Waals surface area (Å²) >= 11 is 6.39. The van der Waals surface area contributed by atoms with Gasteiger partial charge in [-0.05, 0) is 29.3 Å². The van der Waals surface area contributed by atoms with Gasteiger partial charge in [0.05, 0.1) is 4.91 Å². The number of carboxylic acids is 1. The fraction of sp³-hybridized carbons (Fsp3) is 0.105. The van der Waals surface area contributed by atoms with Gasteiger partial charge in [-0.2, -0.15) is 0 Å². The van der Waals surface area contributed by atoms with Crippen LogP contribution >= 0.6 is 24.0 Å². The maximum absolute atomic E-state index is 12.9. The van der Waals surface area contributed by atoms with Crippen LogP contribution in [0.5, 0.6) is 11.5 Å². The van der Waals surface area contributed by atoms with Crippen LogP contribution in [-0.2, 0) is 9.59 Å². The molecule has 1 amide bonds. The molecule has 0 unspecified atom stereocenters. The van der Waals surface area contributed by atoms with E-state index in [0.717, 1.165) is 22.2 Å². The molecule has 0 radical (unpaired) electrons. The first kappa shape index (κ1) is 17.6. The Labute approximate surface area is 164 Å². The Morgan fingerprint density at radius 3 is 2.67 bits per heavy atom. The first-order chi connectivity index (χ1) is 13.0. The monoisotopic (exact) mass is 399 g/mol. The molecule has 2 aromatic carbocycles. The third-order valence-corrected chi connectivity index (χ3v) is 5.46. The molecule has 1 saturated heterocycles. The molecule has 4 rings (SSSR count). The van der Waals surface area contributed by atoms with Crippen LogP contribution < -0.4 is 9.47 Å². The second kappa shape index (κ2) is 7.05. The zero-order chi connectivity index (χ0) is 19.0. The normalized spacial score (nSPS) is 18.2. The molecular weight excluding hydrogens is 386 g/mol. The number of thioether (sulfide) groups is 1. The molecule has 1 fully saturated rings. The molecule has 8 heteroatoms. The maximum atomic E-state index is 12.9. The van der Waals surface area contributed by atoms with Crippen molar-refractivity contribution in [1.29, 1.82) is 0 Å². The molecule has 0 spiro atoms. The van der Waals surface area contributed by atoms with Crippen LogP contribution in [0.15, 0.2) is 53.4 Å². The molecule has 0 saturated carbocycles. The van der Waals surface area contributed by atoms with Crippen LogP contribution in [0.2, 0.25) is 0 Å². The van der Waals surface area contributed by atoms with Crippen LogP contribution in [0.3, 0.4) is 0 Å². The minimum absolute atomic E-state index is 0.165. The number of hydrogen-bond donors (Lipinski definition) is 1. The van der Waals surface area contributed by atoms with E-state index in [4.69, 9.17) is 21.7 Å². The fourth-order valence-electron chi connectivity index (χ4n) is 2.89. The first-order valence-electron chi connectivity index (χ1n) is 7.99. The Kier molecular flexibility index (Phi) is 4.59. The molecule has 1 N–H and O–H groups in total. The molecule has 0 aromatic heterocycles. The summed E-state index contributed by atoms with van der Waals surface area (Å²) in [5.41, 5.74) is 1.23. The fourth-order valence-corrected chi connectivity index (χ4v) is 4.21. The average Bonchev–Trinajstić information content (AvgIpc) is 3.22. The lowest BCUT2D eigenvalue weighted by molar-refractivity contribution is -0.145. The first-order valence-corrected chi connectivity index (χ1v) is 9.21. The van der Waals surface area contributed by atoms with Gasteiger partial charge in [-0.25, -0.2) is 4.79 Å². The van der Waals surface area contributed by atoms with Crippen LogP contribution in [-0.4, -0.2) is 33.0 Å². The molecule has 136 valence electrons. The van der Waals surface area contributed by atoms with Gasteiger partial charge in [-0.15, -0.1) is 0 Å². The van der Waals surface area contributed by atoms with Crippen molar-refractivity contribution >= 4 is 46.3 Å². The number of ether oxygens (including phenoxy) is 2. The van der Waals surface area contributed by atoms with E-state index < -0.39 is 17.9 Å². The van der Waals surface area contributed by atoms with Crippen LogP contribution in [0.4, 0.5) is 0 Å². The number of hydrogen-bond acceptors (Lipinski definition) is 6. The SMILES string of the molecule is O=C(O)[C@@H](c1ccccc1)N1C(=O)/C(=C\c2ccc3c(c2)OCO3)SC1=S. The molecule has 6 nitrogen and oxygen atoms in total. The Morgan fingerprint density at radius 2 is 1.93 bits per heavy atom. The Hall–Kier alpha value is -2.84. The van der Waals surface area contributed by atoms with Crippen molar-refractivity contribution in [2.24, 2.45) is 0 Å². The van der Waals surface area contributed by atoms with Gasteiger partial charge in [0.25, 0.3) is 5.91 Å². The highest BCUT2D eigenvalue weighted by molar-refractivity contribution is 8.26. The Bertz CT molecular complexity index is 973. The summed E-state index contributed by atoms with van der Waals surface area (Å²) in [7, 11) is 0. The highest BCUT2D eigenvalue weighted by Gasteiger charge is 2.41. The van der Waals surface area contributed by atoms with E-state index in [0.29, 0.717) is 22.0 Å². The van der Waals surface area contributed by atoms with E-state index in [2.05, 4.69) is 0 Å². The summed E-state index contributed by atoms with van der Waals surface area (Å²) in [4.78, 5) is 26.3. The number of carboxylic acid groups (broad SMARTS) is 1. The highest BCUT2D eigenvalue weighted by atomic mass is 32.2. The molecule has 2 aliphatic heterocycles. The van der Waals surface area contributed by atoms with Gasteiger partial charge in [0.15, 0.2) is 17.5 Å². The maximum Gasteiger partial charge on any atom is 0.331 e. The molecule has 0 aliphatic carbocycles. The molecule has 27 heavy (non-hydrogen) atoms. The number of carbonyl (C=O) groups is 2. The van der Waals surface area contributed by atoms with Crippen molar-refractivity contribution in [3.05, 3.63) is 64.6 Å². The number of amides is 1. The molecule has 2 aromatic rings. The number of nitrogens with zero attached hydrogens (tertiary/aromatic N) is 1. The minimum atomic E-state index is -1.17. The zero-order valence-corrected chi connectivity index (χ0v) is 15.5. The standard InChI is InChI=1S/C19H13NO5S2/c21-17-15(9-11-6-7-13-14(8-11)25-10-24-13)27-19(26)20(17)16(18(22)23)12-4-2-1-3-5-12/h1-9,16H,10H2,(H,22,23)/b15-9+/t16-/m1/s1. The number of fused-ring (bicyclic) bond motifs is 1. The van der Waals surface area contributed by atoms with Crippen molar-refractivity contribution in [3.8, 4) is 11.5 Å². The van der Waals surface area contributed by atoms with Gasteiger partial charge in [0, 0.05) is 0 Å². The van der Waals surface area contributed by atoms with Crippen molar-refractivity contribution in [1.82, 2.24) is 4.90 Å². The summed E-state index contributed by atoms with van der Waals surface area (Å²) in [6, 6.07) is 12.7. The molecular formula is C19H13NO5S2. The number of carbonyl (C=O) groups excluding carboxylic acids is 1. The number of aliphatic carboxylic acids is 1. The Morgan fingerprint density at radius 1 is 1.19 bits per heavy atom. The van der Waals surface area contributed by atoms with Gasteiger partial charge in [0.2, 0.25) is 6.79 Å². The number of thiocarbonyl (C=S) groups is 1. The topological polar surface area (TPSA) is 76.1 Å². The predicted molar refractivity (Wildman–Crippen MR) is 104 cm³/mol. The number of rotatable bonds is 4. The second-order valence-electron chi connectivity index (χ2n) is 5.82. The van der Waals surface area contributed by atoms with E-state index in [1.165, 1.54) is 0 Å². The van der Waals surface area contributed by atoms with Crippen LogP contribution in [0, 0.1) is 0 Å². The van der Waals surface area contributed by atoms with Gasteiger partial charge < -0.3 is 14.6 Å². The predicted octanol–water partition coefficient (Wildman–Crippen LogP) is 3.44. The molecule has 0 bridgehead atoms. The third kappa shape index (κ3) is 3.29. The van der Waals surface area contributed by atoms with E-state index >= 15 is 0 Å². The van der Waals surface area contributed by atoms with Gasteiger partial charge in [0.1, 0.15) is 4.32 Å². The second-order valence-corrected chi connectivity index (χ2v) is 7.49. The number of benzene rings is 2. The summed E-state index contributed by atoms with van der Waals surface area (Å²) in [6.45, 7) is 0.165. The largest absolute Gasteiger partial charge is 0.479 e. The van der Waals surface area contributed by atoms with E-state index in [1.807, 2.05) is 0 Å². The van der Waals surface area contributed by atoms with E-state index in [9.17, 15) is 14.7 Å². The lowest BCUT2D eigenvalue weighted by atomic mass is 10.1. The highest BCUT2D eigenvalue weighted by Crippen LogP contribution is 2.39. The summed E-state index contributed by atoms with van der Waals surface area (Å²) < 4.78 is 10.8. The molecule has 1 atom stereocenters. The van der Waals surface area contributed by atoms with Crippen molar-refractivity contribution in [2.75, 3.05) is 6.79 Å². The van der Waals surface area contributed by atoms with E-state index in [-0.39, 0.29) is 11.1 Å². The van der Waals surface area contributed by atoms with Crippen LogP contribution in [0.1, 0.15) is 17.2 Å². The average molecular weight is 399 g/mol. The van der Waals surface area contributed by atoms with Crippen molar-refractivity contribution in [3.63, 3.8) is 0 Å². The quantitative estimate of drug-likeness (QED) is 0.623. The smallest absolute Gasteiger partial charge is 0.331 e. The zero-order valence-electron chi connectivity index (χ0n) is 13.8. The minimum Gasteiger partial charge on any atom is -0.479 e. The molecule has 2 heterocycles. The van der Waals surface area contributed by atoms with Crippen LogP contribution in [0.25, 0.3) is 6.08 Å². The van der Waals surface area contributed by atoms with E-state index in [1.54, 1.807) is 54.6 Å². The summed E-state index contributed by atoms with van der Waals surface area (Å²) in [5, 5.41) is 9.69.